The molecule has 1 N–H and O–H groups in total. The summed E-state index contributed by atoms with van der Waals surface area (Å²) in [7, 11) is 0. The molecule has 1 fully saturated rings. The van der Waals surface area contributed by atoms with Crippen molar-refractivity contribution in [3.8, 4) is 0 Å². The highest BCUT2D eigenvalue weighted by atomic mass is 32.2. The van der Waals surface area contributed by atoms with Gasteiger partial charge in [-0.2, -0.15) is 16.9 Å². The van der Waals surface area contributed by atoms with E-state index >= 15 is 0 Å². The number of carbonyl (C=O) groups excluding carboxylic acids is 1. The highest BCUT2D eigenvalue weighted by Crippen LogP contribution is 2.31. The summed E-state index contributed by atoms with van der Waals surface area (Å²) in [6, 6.07) is 1.87. The van der Waals surface area contributed by atoms with Crippen molar-refractivity contribution in [2.75, 3.05) is 18.1 Å². The van der Waals surface area contributed by atoms with Crippen LogP contribution in [-0.4, -0.2) is 44.0 Å². The summed E-state index contributed by atoms with van der Waals surface area (Å²) in [6.07, 6.45) is 1.79. The Bertz CT molecular complexity index is 566. The number of nitrogens with one attached hydrogen (secondary N) is 1. The van der Waals surface area contributed by atoms with Crippen LogP contribution in [0.25, 0.3) is 0 Å². The summed E-state index contributed by atoms with van der Waals surface area (Å²) >= 11 is 3.47. The monoisotopic (exact) mass is 294 g/mol. The maximum atomic E-state index is 12.5. The molecule has 2 aromatic rings. The van der Waals surface area contributed by atoms with Gasteiger partial charge in [0.15, 0.2) is 0 Å². The molecule has 0 aliphatic carbocycles. The molecule has 0 spiro atoms. The number of carbonyl (C=O) groups is 1. The van der Waals surface area contributed by atoms with E-state index in [4.69, 9.17) is 0 Å². The van der Waals surface area contributed by atoms with Crippen molar-refractivity contribution in [2.24, 2.45) is 0 Å². The summed E-state index contributed by atoms with van der Waals surface area (Å²) in [5.74, 6) is 1.87. The van der Waals surface area contributed by atoms with Gasteiger partial charge in [-0.05, 0) is 13.0 Å². The lowest BCUT2D eigenvalue weighted by Crippen LogP contribution is -2.40. The van der Waals surface area contributed by atoms with E-state index in [9.17, 15) is 4.79 Å². The van der Waals surface area contributed by atoms with Gasteiger partial charge in [0.1, 0.15) is 10.7 Å². The Morgan fingerprint density at radius 2 is 2.47 bits per heavy atom. The van der Waals surface area contributed by atoms with E-state index in [2.05, 4.69) is 15.2 Å². The lowest BCUT2D eigenvalue weighted by Gasteiger charge is -2.33. The molecule has 100 valence electrons. The second-order valence-corrected chi connectivity index (χ2v) is 6.47. The number of thiazole rings is 1. The maximum Gasteiger partial charge on any atom is 0.275 e. The van der Waals surface area contributed by atoms with E-state index < -0.39 is 0 Å². The summed E-state index contributed by atoms with van der Waals surface area (Å²) in [5.41, 5.74) is 1.39. The molecule has 1 aliphatic heterocycles. The minimum Gasteiger partial charge on any atom is -0.326 e. The van der Waals surface area contributed by atoms with Gasteiger partial charge in [0, 0.05) is 35.3 Å². The lowest BCUT2D eigenvalue weighted by molar-refractivity contribution is 0.0695. The van der Waals surface area contributed by atoms with Crippen molar-refractivity contribution in [1.82, 2.24) is 20.1 Å². The Balaban J connectivity index is 1.86. The first kappa shape index (κ1) is 12.7. The Labute approximate surface area is 119 Å². The molecule has 3 heterocycles. The van der Waals surface area contributed by atoms with Gasteiger partial charge in [-0.3, -0.25) is 9.89 Å². The number of hydrogen-bond donors (Lipinski definition) is 1. The van der Waals surface area contributed by atoms with Gasteiger partial charge in [-0.25, -0.2) is 4.98 Å². The molecule has 0 bridgehead atoms. The third-order valence-corrected chi connectivity index (χ3v) is 4.95. The Kier molecular flexibility index (Phi) is 3.56. The molecule has 1 amide bonds. The zero-order chi connectivity index (χ0) is 13.2. The quantitative estimate of drug-likeness (QED) is 0.921. The van der Waals surface area contributed by atoms with Gasteiger partial charge in [-0.1, -0.05) is 0 Å². The number of H-pyrrole nitrogens is 1. The molecule has 2 aromatic heterocycles. The van der Waals surface area contributed by atoms with Crippen molar-refractivity contribution in [2.45, 2.75) is 13.0 Å². The van der Waals surface area contributed by atoms with E-state index in [-0.39, 0.29) is 11.9 Å². The first-order valence-corrected chi connectivity index (χ1v) is 8.09. The summed E-state index contributed by atoms with van der Waals surface area (Å²) in [5, 5.41) is 9.85. The fraction of sp³-hybridized carbons (Fsp3) is 0.417. The molecule has 19 heavy (non-hydrogen) atoms. The number of thioether (sulfide) groups is 1. The molecule has 7 heteroatoms. The van der Waals surface area contributed by atoms with Crippen molar-refractivity contribution in [3.05, 3.63) is 34.0 Å². The average Bonchev–Trinajstić information content (AvgIpc) is 3.09. The molecule has 3 rings (SSSR count). The average molecular weight is 294 g/mol. The van der Waals surface area contributed by atoms with Gasteiger partial charge in [0.05, 0.1) is 6.04 Å². The highest BCUT2D eigenvalue weighted by Gasteiger charge is 2.31. The third kappa shape index (κ3) is 2.52. The normalized spacial score (nSPS) is 19.6. The SMILES string of the molecule is Cc1cc(C(=O)N2CCSCC2c2nccs2)n[nH]1. The molecule has 1 aliphatic rings. The van der Waals surface area contributed by atoms with Gasteiger partial charge in [0.25, 0.3) is 5.91 Å². The van der Waals surface area contributed by atoms with Crippen LogP contribution in [0.5, 0.6) is 0 Å². The van der Waals surface area contributed by atoms with Crippen molar-refractivity contribution in [3.63, 3.8) is 0 Å². The molecule has 1 unspecified atom stereocenters. The van der Waals surface area contributed by atoms with Crippen LogP contribution in [0.2, 0.25) is 0 Å². The minimum atomic E-state index is -0.00940. The van der Waals surface area contributed by atoms with Gasteiger partial charge in [-0.15, -0.1) is 11.3 Å². The minimum absolute atomic E-state index is 0.00940. The number of aryl methyl sites for hydroxylation is 1. The second kappa shape index (κ2) is 5.34. The molecule has 0 radical (unpaired) electrons. The number of hydrogen-bond acceptors (Lipinski definition) is 5. The topological polar surface area (TPSA) is 61.9 Å². The molecular formula is C12H14N4OS2. The molecule has 1 saturated heterocycles. The summed E-state index contributed by atoms with van der Waals surface area (Å²) < 4.78 is 0. The van der Waals surface area contributed by atoms with E-state index in [1.807, 2.05) is 29.0 Å². The Morgan fingerprint density at radius 3 is 3.16 bits per heavy atom. The first-order valence-electron chi connectivity index (χ1n) is 6.06. The van der Waals surface area contributed by atoms with Crippen LogP contribution in [0.4, 0.5) is 0 Å². The Hall–Kier alpha value is -1.34. The predicted molar refractivity (Wildman–Crippen MR) is 76.5 cm³/mol. The number of rotatable bonds is 2. The van der Waals surface area contributed by atoms with Crippen molar-refractivity contribution < 1.29 is 4.79 Å². The zero-order valence-electron chi connectivity index (χ0n) is 10.5. The predicted octanol–water partition coefficient (Wildman–Crippen LogP) is 2.10. The highest BCUT2D eigenvalue weighted by molar-refractivity contribution is 7.99. The smallest absolute Gasteiger partial charge is 0.275 e. The van der Waals surface area contributed by atoms with Crippen LogP contribution in [0.1, 0.15) is 27.2 Å². The number of nitrogens with zero attached hydrogens (tertiary/aromatic N) is 3. The number of amides is 1. The molecule has 5 nitrogen and oxygen atoms in total. The summed E-state index contributed by atoms with van der Waals surface area (Å²) in [4.78, 5) is 18.8. The van der Waals surface area contributed by atoms with Crippen LogP contribution in [0.3, 0.4) is 0 Å². The van der Waals surface area contributed by atoms with Crippen LogP contribution in [-0.2, 0) is 0 Å². The van der Waals surface area contributed by atoms with Crippen molar-refractivity contribution >= 4 is 29.0 Å². The largest absolute Gasteiger partial charge is 0.326 e. The van der Waals surface area contributed by atoms with Crippen LogP contribution < -0.4 is 0 Å². The standard InChI is InChI=1S/C12H14N4OS2/c1-8-6-9(15-14-8)12(17)16-3-5-18-7-10(16)11-13-2-4-19-11/h2,4,6,10H,3,5,7H2,1H3,(H,14,15). The fourth-order valence-corrected chi connectivity index (χ4v) is 4.03. The van der Waals surface area contributed by atoms with Gasteiger partial charge >= 0.3 is 0 Å². The first-order chi connectivity index (χ1) is 9.25. The molecular weight excluding hydrogens is 280 g/mol. The lowest BCUT2D eigenvalue weighted by atomic mass is 10.2. The number of aromatic nitrogens is 3. The second-order valence-electron chi connectivity index (χ2n) is 4.40. The molecule has 0 aromatic carbocycles. The van der Waals surface area contributed by atoms with Gasteiger partial charge in [0.2, 0.25) is 0 Å². The van der Waals surface area contributed by atoms with E-state index in [0.29, 0.717) is 5.69 Å². The maximum absolute atomic E-state index is 12.5. The van der Waals surface area contributed by atoms with Crippen LogP contribution >= 0.6 is 23.1 Å². The zero-order valence-corrected chi connectivity index (χ0v) is 12.1. The molecule has 0 saturated carbocycles. The van der Waals surface area contributed by atoms with E-state index in [1.54, 1.807) is 23.6 Å². The summed E-state index contributed by atoms with van der Waals surface area (Å²) in [6.45, 7) is 2.65. The van der Waals surface area contributed by atoms with Gasteiger partial charge < -0.3 is 4.90 Å². The third-order valence-electron chi connectivity index (χ3n) is 3.05. The molecule has 1 atom stereocenters. The van der Waals surface area contributed by atoms with Crippen LogP contribution in [0, 0.1) is 6.92 Å². The van der Waals surface area contributed by atoms with Crippen LogP contribution in [0.15, 0.2) is 17.6 Å². The van der Waals surface area contributed by atoms with Crippen molar-refractivity contribution in [1.29, 1.82) is 0 Å². The van der Waals surface area contributed by atoms with E-state index in [0.717, 1.165) is 28.8 Å². The number of aromatic amines is 1. The Morgan fingerprint density at radius 1 is 1.58 bits per heavy atom. The van der Waals surface area contributed by atoms with E-state index in [1.165, 1.54) is 0 Å². The fourth-order valence-electron chi connectivity index (χ4n) is 2.13.